The molecule has 0 unspecified atom stereocenters. The van der Waals surface area contributed by atoms with E-state index in [0.29, 0.717) is 12.2 Å². The maximum Gasteiger partial charge on any atom is 0.335 e. The maximum atomic E-state index is 11.0. The second kappa shape index (κ2) is 6.76. The van der Waals surface area contributed by atoms with Gasteiger partial charge in [0.15, 0.2) is 11.5 Å². The minimum absolute atomic E-state index is 0.00777. The highest BCUT2D eigenvalue weighted by molar-refractivity contribution is 5.89. The summed E-state index contributed by atoms with van der Waals surface area (Å²) in [6.45, 7) is 0.537. The monoisotopic (exact) mass is 288 g/mol. The van der Waals surface area contributed by atoms with Crippen molar-refractivity contribution in [3.8, 4) is 11.5 Å². The van der Waals surface area contributed by atoms with E-state index in [-0.39, 0.29) is 23.7 Å². The molecule has 2 aromatic rings. The second-order valence-corrected chi connectivity index (χ2v) is 4.47. The fraction of sp³-hybridized carbons (Fsp3) is 0.188. The van der Waals surface area contributed by atoms with Gasteiger partial charge < -0.3 is 19.7 Å². The molecule has 21 heavy (non-hydrogen) atoms. The lowest BCUT2D eigenvalue weighted by atomic mass is 10.1. The molecule has 0 aromatic heterocycles. The minimum Gasteiger partial charge on any atom is -0.504 e. The number of ether oxygens (including phenoxy) is 2. The first kappa shape index (κ1) is 14.9. The van der Waals surface area contributed by atoms with E-state index >= 15 is 0 Å². The van der Waals surface area contributed by atoms with E-state index < -0.39 is 5.97 Å². The molecule has 2 rings (SSSR count). The normalized spacial score (nSPS) is 10.3. The molecule has 0 aliphatic heterocycles. The molecule has 0 saturated heterocycles. The van der Waals surface area contributed by atoms with Crippen LogP contribution in [0.3, 0.4) is 0 Å². The van der Waals surface area contributed by atoms with Gasteiger partial charge in [0.2, 0.25) is 0 Å². The summed E-state index contributed by atoms with van der Waals surface area (Å²) < 4.78 is 10.6. The van der Waals surface area contributed by atoms with Crippen molar-refractivity contribution in [3.63, 3.8) is 0 Å². The van der Waals surface area contributed by atoms with Gasteiger partial charge in [-0.3, -0.25) is 0 Å². The standard InChI is InChI=1S/C16H16O5/c1-20-15-13(7-12(16(18)19)8-14(15)17)10-21-9-11-5-3-2-4-6-11/h2-8,17H,9-10H2,1H3,(H,18,19). The van der Waals surface area contributed by atoms with Gasteiger partial charge in [-0.15, -0.1) is 0 Å². The number of phenolic OH excluding ortho intramolecular Hbond substituents is 1. The van der Waals surface area contributed by atoms with Gasteiger partial charge in [0.1, 0.15) is 0 Å². The quantitative estimate of drug-likeness (QED) is 0.854. The summed E-state index contributed by atoms with van der Waals surface area (Å²) >= 11 is 0. The van der Waals surface area contributed by atoms with Crippen LogP contribution in [0.15, 0.2) is 42.5 Å². The first-order chi connectivity index (χ1) is 10.1. The third kappa shape index (κ3) is 3.73. The van der Waals surface area contributed by atoms with Crippen LogP contribution in [0.2, 0.25) is 0 Å². The Balaban J connectivity index is 2.12. The highest BCUT2D eigenvalue weighted by Crippen LogP contribution is 2.32. The number of carboxylic acid groups (broad SMARTS) is 1. The molecule has 0 atom stereocenters. The first-order valence-corrected chi connectivity index (χ1v) is 6.36. The van der Waals surface area contributed by atoms with E-state index in [1.165, 1.54) is 13.2 Å². The van der Waals surface area contributed by atoms with Crippen LogP contribution in [-0.4, -0.2) is 23.3 Å². The topological polar surface area (TPSA) is 76.0 Å². The molecule has 5 heteroatoms. The maximum absolute atomic E-state index is 11.0. The molecule has 0 saturated carbocycles. The number of hydrogen-bond acceptors (Lipinski definition) is 4. The Morgan fingerprint density at radius 2 is 1.86 bits per heavy atom. The summed E-state index contributed by atoms with van der Waals surface area (Å²) in [5, 5.41) is 18.8. The largest absolute Gasteiger partial charge is 0.504 e. The first-order valence-electron chi connectivity index (χ1n) is 6.36. The number of benzene rings is 2. The molecule has 0 fully saturated rings. The van der Waals surface area contributed by atoms with E-state index in [0.717, 1.165) is 11.6 Å². The third-order valence-electron chi connectivity index (χ3n) is 2.97. The summed E-state index contributed by atoms with van der Waals surface area (Å²) in [5.74, 6) is -1.10. The number of phenols is 1. The molecule has 110 valence electrons. The van der Waals surface area contributed by atoms with Crippen molar-refractivity contribution in [2.75, 3.05) is 7.11 Å². The van der Waals surface area contributed by atoms with Crippen molar-refractivity contribution < 1.29 is 24.5 Å². The van der Waals surface area contributed by atoms with Gasteiger partial charge in [0.25, 0.3) is 0 Å². The van der Waals surface area contributed by atoms with Crippen LogP contribution in [-0.2, 0) is 18.0 Å². The lowest BCUT2D eigenvalue weighted by Gasteiger charge is -2.12. The number of carboxylic acids is 1. The van der Waals surface area contributed by atoms with Gasteiger partial charge >= 0.3 is 5.97 Å². The van der Waals surface area contributed by atoms with Crippen LogP contribution in [0.4, 0.5) is 0 Å². The van der Waals surface area contributed by atoms with Crippen LogP contribution < -0.4 is 4.74 Å². The van der Waals surface area contributed by atoms with Crippen molar-refractivity contribution in [1.29, 1.82) is 0 Å². The van der Waals surface area contributed by atoms with E-state index in [1.54, 1.807) is 0 Å². The predicted molar refractivity (Wildman–Crippen MR) is 76.6 cm³/mol. The molecule has 0 heterocycles. The van der Waals surface area contributed by atoms with Crippen molar-refractivity contribution in [1.82, 2.24) is 0 Å². The van der Waals surface area contributed by atoms with Gasteiger partial charge in [-0.25, -0.2) is 4.79 Å². The molecular weight excluding hydrogens is 272 g/mol. The molecule has 0 bridgehead atoms. The highest BCUT2D eigenvalue weighted by Gasteiger charge is 2.14. The average molecular weight is 288 g/mol. The number of carbonyl (C=O) groups is 1. The fourth-order valence-electron chi connectivity index (χ4n) is 1.99. The zero-order valence-electron chi connectivity index (χ0n) is 11.6. The summed E-state index contributed by atoms with van der Waals surface area (Å²) in [6.07, 6.45) is 0. The van der Waals surface area contributed by atoms with Crippen molar-refractivity contribution >= 4 is 5.97 Å². The minimum atomic E-state index is -1.11. The highest BCUT2D eigenvalue weighted by atomic mass is 16.5. The lowest BCUT2D eigenvalue weighted by molar-refractivity contribution is 0.0695. The number of methoxy groups -OCH3 is 1. The molecule has 5 nitrogen and oxygen atoms in total. The fourth-order valence-corrected chi connectivity index (χ4v) is 1.99. The molecule has 2 N–H and O–H groups in total. The van der Waals surface area contributed by atoms with Gasteiger partial charge in [-0.2, -0.15) is 0 Å². The van der Waals surface area contributed by atoms with Crippen LogP contribution in [0, 0.1) is 0 Å². The zero-order chi connectivity index (χ0) is 15.2. The average Bonchev–Trinajstić information content (AvgIpc) is 2.48. The molecule has 0 spiro atoms. The van der Waals surface area contributed by atoms with Crippen molar-refractivity contribution in [2.24, 2.45) is 0 Å². The Morgan fingerprint density at radius 3 is 2.48 bits per heavy atom. The Labute approximate surface area is 122 Å². The van der Waals surface area contributed by atoms with E-state index in [2.05, 4.69) is 0 Å². The van der Waals surface area contributed by atoms with Gasteiger partial charge in [-0.05, 0) is 17.7 Å². The van der Waals surface area contributed by atoms with E-state index in [9.17, 15) is 9.90 Å². The van der Waals surface area contributed by atoms with Crippen LogP contribution in [0.25, 0.3) is 0 Å². The number of aromatic carboxylic acids is 1. The molecular formula is C16H16O5. The molecule has 0 aliphatic rings. The van der Waals surface area contributed by atoms with E-state index in [4.69, 9.17) is 14.6 Å². The van der Waals surface area contributed by atoms with Crippen molar-refractivity contribution in [3.05, 3.63) is 59.2 Å². The number of aromatic hydroxyl groups is 1. The Morgan fingerprint density at radius 1 is 1.14 bits per heavy atom. The van der Waals surface area contributed by atoms with Gasteiger partial charge in [0.05, 0.1) is 25.9 Å². The summed E-state index contributed by atoms with van der Waals surface area (Å²) in [4.78, 5) is 11.0. The smallest absolute Gasteiger partial charge is 0.335 e. The zero-order valence-corrected chi connectivity index (χ0v) is 11.6. The molecule has 2 aromatic carbocycles. The summed E-state index contributed by atoms with van der Waals surface area (Å²) in [7, 11) is 1.41. The van der Waals surface area contributed by atoms with E-state index in [1.807, 2.05) is 30.3 Å². The Hall–Kier alpha value is -2.53. The summed E-state index contributed by atoms with van der Waals surface area (Å²) in [6, 6.07) is 12.2. The number of rotatable bonds is 6. The lowest BCUT2D eigenvalue weighted by Crippen LogP contribution is -2.02. The van der Waals surface area contributed by atoms with Crippen LogP contribution >= 0.6 is 0 Å². The van der Waals surface area contributed by atoms with Crippen LogP contribution in [0.1, 0.15) is 21.5 Å². The van der Waals surface area contributed by atoms with Gasteiger partial charge in [0, 0.05) is 5.56 Å². The summed E-state index contributed by atoms with van der Waals surface area (Å²) in [5.41, 5.74) is 1.49. The molecule has 0 aliphatic carbocycles. The van der Waals surface area contributed by atoms with Gasteiger partial charge in [-0.1, -0.05) is 30.3 Å². The Kier molecular flexibility index (Phi) is 4.79. The van der Waals surface area contributed by atoms with Crippen molar-refractivity contribution in [2.45, 2.75) is 13.2 Å². The molecule has 0 radical (unpaired) electrons. The molecule has 0 amide bonds. The third-order valence-corrected chi connectivity index (χ3v) is 2.97. The SMILES string of the molecule is COc1c(O)cc(C(=O)O)cc1COCc1ccccc1. The Bertz CT molecular complexity index is 622. The number of hydrogen-bond donors (Lipinski definition) is 2. The predicted octanol–water partition coefficient (Wildman–Crippen LogP) is 2.82. The van der Waals surface area contributed by atoms with Crippen LogP contribution in [0.5, 0.6) is 11.5 Å². The second-order valence-electron chi connectivity index (χ2n) is 4.47.